The van der Waals surface area contributed by atoms with Gasteiger partial charge in [0.05, 0.1) is 24.7 Å². The van der Waals surface area contributed by atoms with Crippen LogP contribution in [0, 0.1) is 34.6 Å². The Kier molecular flexibility index (Phi) is 16.2. The van der Waals surface area contributed by atoms with E-state index in [-0.39, 0.29) is 39.0 Å². The van der Waals surface area contributed by atoms with Gasteiger partial charge >= 0.3 is 26.5 Å². The van der Waals surface area contributed by atoms with Gasteiger partial charge in [-0.3, -0.25) is 0 Å². The molecule has 6 aromatic rings. The van der Waals surface area contributed by atoms with Crippen LogP contribution in [0.2, 0.25) is 0 Å². The molecule has 1 aliphatic heterocycles. The van der Waals surface area contributed by atoms with Crippen molar-refractivity contribution in [1.29, 1.82) is 0 Å². The maximum atomic E-state index is 15.6. The molecular formula is C54H51F6NO11S3. The van der Waals surface area contributed by atoms with Crippen LogP contribution in [0.25, 0.3) is 17.7 Å². The third-order valence-electron chi connectivity index (χ3n) is 12.2. The number of ether oxygens (including phenoxy) is 4. The molecule has 1 N–H and O–H groups in total. The zero-order valence-electron chi connectivity index (χ0n) is 41.3. The predicted molar refractivity (Wildman–Crippen MR) is 272 cm³/mol. The summed E-state index contributed by atoms with van der Waals surface area (Å²) >= 11 is 0. The summed E-state index contributed by atoms with van der Waals surface area (Å²) in [6, 6.07) is 25.7. The van der Waals surface area contributed by atoms with Crippen molar-refractivity contribution in [3.05, 3.63) is 187 Å². The lowest BCUT2D eigenvalue weighted by Gasteiger charge is -2.31. The molecule has 75 heavy (non-hydrogen) atoms. The summed E-state index contributed by atoms with van der Waals surface area (Å²) in [4.78, 5) is -1.08. The molecule has 398 valence electrons. The number of hydrogen-bond acceptors (Lipinski definition) is 11. The number of methoxy groups -OCH3 is 1. The minimum atomic E-state index is -7.51. The second-order valence-corrected chi connectivity index (χ2v) is 22.9. The molecule has 7 rings (SSSR count). The van der Waals surface area contributed by atoms with Crippen LogP contribution in [0.1, 0.15) is 61.2 Å². The topological polar surface area (TPSA) is 161 Å². The van der Waals surface area contributed by atoms with Gasteiger partial charge in [-0.2, -0.15) is 34.8 Å². The standard InChI is InChI=1S/C54H51F6NO11S3/c1-8-38-13-17-41(18-14-38)72-75(66,67)54(59,60)52(55,56)53(57,58)74(64,65)61-73(62,63)50-12-10-9-11-45(50)51-43-19-15-39(29-46-34(3)25-33(2)26-35(46)4)31-48(43)71-49-32-40(16-20-44(49)51)30-47-36(5)27-42(28-37(47)6)70-24-23-69-22-21-68-7/h8-20,25-28,30-32,61H,1,21-24,29H2,2-7H3/b40-30+. The molecule has 0 saturated carbocycles. The Balaban J connectivity index is 1.30. The van der Waals surface area contributed by atoms with Crippen molar-refractivity contribution in [1.82, 2.24) is 4.13 Å². The van der Waals surface area contributed by atoms with E-state index in [0.717, 1.165) is 68.8 Å². The van der Waals surface area contributed by atoms with Crippen LogP contribution < -0.4 is 28.2 Å². The number of rotatable bonds is 21. The zero-order chi connectivity index (χ0) is 54.9. The van der Waals surface area contributed by atoms with Crippen LogP contribution in [-0.4, -0.2) is 75.2 Å². The van der Waals surface area contributed by atoms with Crippen molar-refractivity contribution in [3.8, 4) is 23.0 Å². The molecule has 1 aliphatic rings. The average Bonchev–Trinajstić information content (AvgIpc) is 3.33. The van der Waals surface area contributed by atoms with Crippen LogP contribution >= 0.6 is 0 Å². The van der Waals surface area contributed by atoms with E-state index in [9.17, 15) is 25.3 Å². The molecule has 0 fully saturated rings. The van der Waals surface area contributed by atoms with E-state index < -0.39 is 57.2 Å². The van der Waals surface area contributed by atoms with Crippen LogP contribution in [-0.2, 0) is 46.1 Å². The summed E-state index contributed by atoms with van der Waals surface area (Å²) in [6.45, 7) is 14.7. The maximum absolute atomic E-state index is 15.6. The molecule has 12 nitrogen and oxygen atoms in total. The van der Waals surface area contributed by atoms with Crippen LogP contribution in [0.15, 0.2) is 121 Å². The normalized spacial score (nSPS) is 13.5. The Hall–Kier alpha value is -6.49. The lowest BCUT2D eigenvalue weighted by atomic mass is 9.89. The van der Waals surface area contributed by atoms with E-state index in [1.807, 2.05) is 65.0 Å². The highest BCUT2D eigenvalue weighted by atomic mass is 32.3. The quantitative estimate of drug-likeness (QED) is 0.0415. The van der Waals surface area contributed by atoms with E-state index in [2.05, 4.69) is 10.8 Å². The van der Waals surface area contributed by atoms with E-state index in [0.29, 0.717) is 60.1 Å². The van der Waals surface area contributed by atoms with Gasteiger partial charge < -0.3 is 23.1 Å². The molecule has 0 spiro atoms. The number of nitrogens with one attached hydrogen (secondary N) is 1. The van der Waals surface area contributed by atoms with Gasteiger partial charge in [0.25, 0.3) is 20.0 Å². The van der Waals surface area contributed by atoms with Crippen molar-refractivity contribution >= 4 is 47.9 Å². The molecule has 0 bridgehead atoms. The molecule has 0 aliphatic carbocycles. The fraction of sp³-hybridized carbons (Fsp3) is 0.259. The smallest absolute Gasteiger partial charge is 0.450 e. The summed E-state index contributed by atoms with van der Waals surface area (Å²) in [5, 5.41) is -13.3. The highest BCUT2D eigenvalue weighted by Gasteiger charge is 2.83. The van der Waals surface area contributed by atoms with Gasteiger partial charge in [-0.15, -0.1) is 0 Å². The Labute approximate surface area is 431 Å². The molecule has 0 unspecified atom stereocenters. The minimum absolute atomic E-state index is 0.0541. The summed E-state index contributed by atoms with van der Waals surface area (Å²) < 4.78 is 200. The molecule has 6 aromatic carbocycles. The van der Waals surface area contributed by atoms with Crippen molar-refractivity contribution in [3.63, 3.8) is 0 Å². The van der Waals surface area contributed by atoms with Gasteiger partial charge in [0.15, 0.2) is 0 Å². The first-order valence-electron chi connectivity index (χ1n) is 22.9. The molecule has 0 amide bonds. The lowest BCUT2D eigenvalue weighted by molar-refractivity contribution is -0.245. The van der Waals surface area contributed by atoms with Crippen molar-refractivity contribution in [2.75, 3.05) is 33.5 Å². The monoisotopic (exact) mass is 1100 g/mol. The third kappa shape index (κ3) is 11.4. The number of halogens is 6. The number of benzene rings is 6. The first-order chi connectivity index (χ1) is 35.1. The Bertz CT molecular complexity index is 3620. The molecular weight excluding hydrogens is 1050 g/mol. The van der Waals surface area contributed by atoms with Crippen LogP contribution in [0.3, 0.4) is 0 Å². The fourth-order valence-electron chi connectivity index (χ4n) is 8.49. The average molecular weight is 1100 g/mol. The lowest BCUT2D eigenvalue weighted by Crippen LogP contribution is -2.63. The van der Waals surface area contributed by atoms with Gasteiger partial charge in [-0.25, -0.2) is 16.8 Å². The SMILES string of the molecule is C=Cc1ccc(OS(=O)(=O)C(F)(F)C(F)(F)C(F)(F)S(=O)(=O)NS(=O)(=O)c2ccccc2C2=c3cc/c(=C\c4c(C)cc(OCCOCCOC)cc4C)cc3Oc3cc(Cc4c(C)cc(C)cc4C)ccc32)cc1. The van der Waals surface area contributed by atoms with Gasteiger partial charge in [-0.05, 0) is 145 Å². The largest absolute Gasteiger partial charge is 0.491 e. The summed E-state index contributed by atoms with van der Waals surface area (Å²) in [5.41, 5.74) is 7.67. The van der Waals surface area contributed by atoms with E-state index in [4.69, 9.17) is 18.9 Å². The van der Waals surface area contributed by atoms with Crippen molar-refractivity contribution < 1.29 is 74.7 Å². The zero-order valence-corrected chi connectivity index (χ0v) is 43.7. The Morgan fingerprint density at radius 2 is 1.29 bits per heavy atom. The Morgan fingerprint density at radius 1 is 0.653 bits per heavy atom. The maximum Gasteiger partial charge on any atom is 0.450 e. The number of hydrogen-bond donors (Lipinski definition) is 1. The predicted octanol–water partition coefficient (Wildman–Crippen LogP) is 9.52. The number of aryl methyl sites for hydroxylation is 5. The fourth-order valence-corrected chi connectivity index (χ4v) is 12.6. The van der Waals surface area contributed by atoms with Gasteiger partial charge in [0.2, 0.25) is 0 Å². The van der Waals surface area contributed by atoms with Gasteiger partial charge in [-0.1, -0.05) is 83.0 Å². The third-order valence-corrected chi connectivity index (χ3v) is 17.1. The van der Waals surface area contributed by atoms with E-state index in [1.165, 1.54) is 18.2 Å². The van der Waals surface area contributed by atoms with Crippen molar-refractivity contribution in [2.24, 2.45) is 0 Å². The molecule has 0 saturated heterocycles. The molecule has 0 aromatic heterocycles. The summed E-state index contributed by atoms with van der Waals surface area (Å²) in [5.74, 6) is -7.42. The van der Waals surface area contributed by atoms with Crippen LogP contribution in [0.4, 0.5) is 26.3 Å². The molecule has 0 radical (unpaired) electrons. The highest BCUT2D eigenvalue weighted by Crippen LogP contribution is 2.51. The summed E-state index contributed by atoms with van der Waals surface area (Å²) in [6.07, 6.45) is 3.55. The van der Waals surface area contributed by atoms with E-state index in [1.54, 1.807) is 43.5 Å². The first kappa shape index (κ1) is 56.2. The second-order valence-electron chi connectivity index (χ2n) is 17.7. The number of fused-ring (bicyclic) bond motifs is 2. The molecule has 1 heterocycles. The molecule has 0 atom stereocenters. The highest BCUT2D eigenvalue weighted by molar-refractivity contribution is 8.05. The first-order valence-corrected chi connectivity index (χ1v) is 27.2. The van der Waals surface area contributed by atoms with Crippen molar-refractivity contribution in [2.45, 2.75) is 62.4 Å². The van der Waals surface area contributed by atoms with Gasteiger partial charge in [0.1, 0.15) is 29.6 Å². The minimum Gasteiger partial charge on any atom is -0.491 e. The Morgan fingerprint density at radius 3 is 1.93 bits per heavy atom. The second kappa shape index (κ2) is 21.6. The molecule has 21 heteroatoms. The number of alkyl halides is 6. The van der Waals surface area contributed by atoms with Crippen LogP contribution in [0.5, 0.6) is 23.0 Å². The van der Waals surface area contributed by atoms with E-state index >= 15 is 26.3 Å². The summed E-state index contributed by atoms with van der Waals surface area (Å²) in [7, 11) is -19.1. The van der Waals surface area contributed by atoms with Gasteiger partial charge in [0, 0.05) is 29.0 Å². The number of sulfonamides is 2.